The number of rotatable bonds is 12. The van der Waals surface area contributed by atoms with Gasteiger partial charge in [0.15, 0.2) is 5.82 Å². The van der Waals surface area contributed by atoms with Crippen LogP contribution in [-0.4, -0.2) is 78.3 Å². The first-order chi connectivity index (χ1) is 65.1. The summed E-state index contributed by atoms with van der Waals surface area (Å²) in [5, 5.41) is 69.8. The number of nitrogens with zero attached hydrogens (tertiary/aromatic N) is 17. The van der Waals surface area contributed by atoms with Gasteiger partial charge in [-0.3, -0.25) is 38.0 Å². The molecule has 722 valence electrons. The Balaban J connectivity index is 0.000000217. The largest absolute Gasteiger partial charge is 0.573 e. The van der Waals surface area contributed by atoms with Crippen molar-refractivity contribution in [3.8, 4) is 96.9 Å². The summed E-state index contributed by atoms with van der Waals surface area (Å²) in [6, 6.07) is 97.7. The Bertz CT molecular complexity index is 6620. The van der Waals surface area contributed by atoms with Crippen LogP contribution in [0.4, 0.5) is 46.5 Å². The zero-order valence-corrected chi connectivity index (χ0v) is 86.1. The zero-order valence-electron chi connectivity index (χ0n) is 76.5. The Morgan fingerprint density at radius 3 is 1.18 bits per heavy atom. The minimum absolute atomic E-state index is 0. The second-order valence-electron chi connectivity index (χ2n) is 32.4. The van der Waals surface area contributed by atoms with Crippen LogP contribution in [-0.2, 0) is 96.2 Å². The van der Waals surface area contributed by atoms with Crippen molar-refractivity contribution in [2.24, 2.45) is 21.0 Å². The number of pyridine rings is 5. The average Bonchev–Trinajstić information content (AvgIpc) is 1.64. The van der Waals surface area contributed by atoms with Crippen molar-refractivity contribution >= 4 is 34.6 Å². The molecule has 2 amide bonds. The number of aromatic nitrogens is 11. The number of hydrogen-bond acceptors (Lipinski definition) is 16. The fourth-order valence-corrected chi connectivity index (χ4v) is 12.9. The van der Waals surface area contributed by atoms with Gasteiger partial charge in [0.05, 0.1) is 57.3 Å². The standard InChI is InChI=1S/2C16H20N2O2.2C15H9N4.C12H7F3N.C11H5F3N.C11H9F2N2.C11H8N.4Ir/c2*1-11-14(13(19)10-16(2,3)4)15(20)18(17-11)12-8-6-5-7-9-12;2*16-10-11-4-6-12(7-5-11)14-9-15(19-18-14)13-3-1-2-8-17-13;13-12(14,15)10-6-7-11(16-8-10)9-4-2-1-3-5-9;12-8-6-9(15-11(14)10(8)13)7-4-2-1-3-5-7;1-7-5-8(2)15(14-7)11-4-3-9(12)6-10(11)13;1-2-6-10(7-3-1)11-8-4-5-9-12-11;;;;/h2*5-9,19H,10H2,1-4H3;2*1-9H;1-4,6-8H;1-4,6H;3,5-6H,1-2H3;1-6,8-9H;;;;/q;;6*-1;;;;. The summed E-state index contributed by atoms with van der Waals surface area (Å²) >= 11 is 0. The molecular formula is C107H87F8Ir4N17O4-6. The fraction of sp³-hybridized carbons (Fsp3) is 0.140. The van der Waals surface area contributed by atoms with Gasteiger partial charge in [-0.1, -0.05) is 150 Å². The number of carbonyl (C=O) groups is 2. The minimum Gasteiger partial charge on any atom is -0.573 e. The van der Waals surface area contributed by atoms with Gasteiger partial charge in [-0.2, -0.15) is 63.9 Å². The van der Waals surface area contributed by atoms with Gasteiger partial charge >= 0.3 is 6.18 Å². The van der Waals surface area contributed by atoms with E-state index in [1.807, 2.05) is 230 Å². The molecule has 140 heavy (non-hydrogen) atoms. The smallest absolute Gasteiger partial charge is 0.417 e. The molecular weight excluding hydrogens is 2510 g/mol. The number of benzene rings is 8. The van der Waals surface area contributed by atoms with Crippen LogP contribution in [0.15, 0.2) is 343 Å². The van der Waals surface area contributed by atoms with Crippen molar-refractivity contribution in [2.45, 2.75) is 88.3 Å². The number of aryl methyl sites for hydroxylation is 2. The normalized spacial score (nSPS) is 12.3. The van der Waals surface area contributed by atoms with Crippen LogP contribution in [0.5, 0.6) is 0 Å². The molecule has 0 aliphatic carbocycles. The van der Waals surface area contributed by atoms with Crippen molar-refractivity contribution in [3.63, 3.8) is 0 Å². The van der Waals surface area contributed by atoms with Crippen LogP contribution in [0.2, 0.25) is 0 Å². The van der Waals surface area contributed by atoms with E-state index in [4.69, 9.17) is 10.5 Å². The molecule has 8 aromatic heterocycles. The maximum absolute atomic E-state index is 13.4. The molecule has 2 aliphatic heterocycles. The quantitative estimate of drug-likeness (QED) is 0.0378. The predicted octanol–water partition coefficient (Wildman–Crippen LogP) is 24.2. The van der Waals surface area contributed by atoms with Crippen LogP contribution in [0.3, 0.4) is 0 Å². The van der Waals surface area contributed by atoms with Crippen LogP contribution in [0, 0.1) is 101 Å². The number of carbonyl (C=O) groups excluding carboxylic acids is 2. The number of alkyl halides is 3. The molecule has 2 N–H and O–H groups in total. The number of aliphatic hydroxyl groups is 2. The van der Waals surface area contributed by atoms with E-state index >= 15 is 0 Å². The van der Waals surface area contributed by atoms with Crippen molar-refractivity contribution in [1.82, 2.24) is 55.1 Å². The number of aliphatic hydroxyl groups excluding tert-OH is 2. The molecule has 16 aromatic rings. The third kappa shape index (κ3) is 32.6. The molecule has 10 heterocycles. The summed E-state index contributed by atoms with van der Waals surface area (Å²) < 4.78 is 103. The first-order valence-electron chi connectivity index (χ1n) is 42.0. The topological polar surface area (TPSA) is 290 Å². The third-order valence-corrected chi connectivity index (χ3v) is 19.2. The first-order valence-corrected chi connectivity index (χ1v) is 42.0. The average molecular weight is 2600 g/mol. The van der Waals surface area contributed by atoms with E-state index in [1.54, 1.807) is 112 Å². The summed E-state index contributed by atoms with van der Waals surface area (Å²) in [6.45, 7) is 19.2. The summed E-state index contributed by atoms with van der Waals surface area (Å²) in [4.78, 5) is 44.6. The third-order valence-electron chi connectivity index (χ3n) is 19.2. The van der Waals surface area contributed by atoms with E-state index in [0.717, 1.165) is 98.4 Å². The minimum atomic E-state index is -4.34. The number of allylic oxidation sites excluding steroid dienone is 2. The van der Waals surface area contributed by atoms with E-state index in [-0.39, 0.29) is 126 Å². The maximum Gasteiger partial charge on any atom is 0.417 e. The number of halogens is 8. The van der Waals surface area contributed by atoms with Crippen molar-refractivity contribution in [3.05, 3.63) is 414 Å². The second-order valence-corrected chi connectivity index (χ2v) is 32.4. The van der Waals surface area contributed by atoms with Crippen LogP contribution in [0.25, 0.3) is 84.7 Å². The van der Waals surface area contributed by atoms with Crippen molar-refractivity contribution in [1.29, 1.82) is 10.5 Å². The van der Waals surface area contributed by atoms with Gasteiger partial charge < -0.3 is 40.6 Å². The number of hydrazone groups is 2. The molecule has 0 saturated carbocycles. The predicted molar refractivity (Wildman–Crippen MR) is 506 cm³/mol. The summed E-state index contributed by atoms with van der Waals surface area (Å²) in [5.41, 5.74) is 15.4. The maximum atomic E-state index is 13.4. The number of anilines is 2. The van der Waals surface area contributed by atoms with Gasteiger partial charge in [0.1, 0.15) is 22.7 Å². The van der Waals surface area contributed by atoms with Crippen molar-refractivity contribution < 1.29 is 135 Å². The molecule has 0 bridgehead atoms. The summed E-state index contributed by atoms with van der Waals surface area (Å²) in [5.74, 6) is -5.87. The van der Waals surface area contributed by atoms with Crippen molar-refractivity contribution in [2.75, 3.05) is 10.0 Å². The van der Waals surface area contributed by atoms with Gasteiger partial charge in [-0.05, 0) is 176 Å². The monoisotopic (exact) mass is 2600 g/mol. The molecule has 18 rings (SSSR count). The molecule has 2 aliphatic rings. The van der Waals surface area contributed by atoms with Crippen LogP contribution < -0.4 is 20.2 Å². The molecule has 0 spiro atoms. The number of nitriles is 2. The van der Waals surface area contributed by atoms with E-state index in [1.165, 1.54) is 20.8 Å². The van der Waals surface area contributed by atoms with E-state index in [2.05, 4.69) is 97.0 Å². The molecule has 0 atom stereocenters. The number of hydrogen-bond donors (Lipinski definition) is 2. The zero-order chi connectivity index (χ0) is 97.6. The Hall–Kier alpha value is -14.5. The van der Waals surface area contributed by atoms with E-state index in [0.29, 0.717) is 74.7 Å². The molecule has 21 nitrogen and oxygen atoms in total. The molecule has 0 unspecified atom stereocenters. The van der Waals surface area contributed by atoms with Gasteiger partial charge in [0.25, 0.3) is 11.8 Å². The second kappa shape index (κ2) is 53.5. The Morgan fingerprint density at radius 1 is 0.436 bits per heavy atom. The van der Waals surface area contributed by atoms with Gasteiger partial charge in [0.2, 0.25) is 11.8 Å². The first kappa shape index (κ1) is 113. The van der Waals surface area contributed by atoms with Gasteiger partial charge in [-0.25, -0.2) is 4.39 Å². The van der Waals surface area contributed by atoms with Crippen LogP contribution >= 0.6 is 0 Å². The summed E-state index contributed by atoms with van der Waals surface area (Å²) in [7, 11) is 0. The summed E-state index contributed by atoms with van der Waals surface area (Å²) in [6.07, 6.45) is 2.63. The van der Waals surface area contributed by atoms with E-state index < -0.39 is 41.0 Å². The Labute approximate surface area is 859 Å². The fourth-order valence-electron chi connectivity index (χ4n) is 12.9. The van der Waals surface area contributed by atoms with Gasteiger partial charge in [-0.15, -0.1) is 120 Å². The van der Waals surface area contributed by atoms with Crippen LogP contribution in [0.1, 0.15) is 96.3 Å². The molecule has 0 saturated heterocycles. The molecule has 4 radical (unpaired) electrons. The SMILES string of the molecule is CC1=NN(c2ccccc2)C(=O)C1=C(O)CC(C)(C)C.CC1=NN(c2ccccc2)C(=O)C1=C(O)CC(C)(C)C.Cc1cc(C)n(-c2[c-]cc(F)cc2F)n1.FC(F)(F)c1ccc(-c2[c-]cccc2)nc1.Fc1cc(-c2[c-]cccc2)nc(F)c1F.N#Cc1ccc(-c2cc(-c3ccccn3)[n-]n2)cc1.N#Cc1ccc(-c2cc(-c3ccccn3)[n-]n2)cc1.[Ir].[Ir].[Ir].[Ir].[c-]1ccccc1-c1ccccn1. The molecule has 0 fully saturated rings. The Kier molecular flexibility index (Phi) is 43.0. The van der Waals surface area contributed by atoms with E-state index in [9.17, 15) is 54.9 Å². The molecule has 33 heteroatoms. The van der Waals surface area contributed by atoms with Gasteiger partial charge in [0, 0.05) is 158 Å². The number of para-hydroxylation sites is 2. The Morgan fingerprint density at radius 2 is 0.836 bits per heavy atom. The number of amides is 2. The molecule has 8 aromatic carbocycles.